The molecule has 1 saturated heterocycles. The van der Waals surface area contributed by atoms with Crippen LogP contribution in [-0.4, -0.2) is 81.5 Å². The Morgan fingerprint density at radius 2 is 1.12 bits per heavy atom. The largest absolute Gasteiger partial charge is 0.463 e. The Morgan fingerprint density at radius 3 is 1.63 bits per heavy atom. The highest BCUT2D eigenvalue weighted by molar-refractivity contribution is 5.66. The van der Waals surface area contributed by atoms with Gasteiger partial charge in [-0.1, -0.05) is 91.0 Å². The summed E-state index contributed by atoms with van der Waals surface area (Å²) in [5.41, 5.74) is 2.95. The van der Waals surface area contributed by atoms with Gasteiger partial charge in [-0.05, 0) is 28.8 Å². The second-order valence-electron chi connectivity index (χ2n) is 11.7. The molecule has 4 unspecified atom stereocenters. The minimum absolute atomic E-state index is 0.0173. The van der Waals surface area contributed by atoms with Gasteiger partial charge < -0.3 is 42.6 Å². The van der Waals surface area contributed by atoms with Gasteiger partial charge in [-0.3, -0.25) is 9.59 Å². The van der Waals surface area contributed by atoms with E-state index in [0.29, 0.717) is 13.2 Å². The molecule has 0 aliphatic carbocycles. The Morgan fingerprint density at radius 1 is 0.592 bits per heavy atom. The molecular weight excluding hydrogens is 632 g/mol. The SMILES string of the molecule is CO[C@H]1OC(CO[C@@H]2C=C[C@H](OC(C)=O)C(COC(C)=O)O2)[C@@H](OCc2ccccc2)C(OCc2ccccc2)C1OCc1ccccc1. The van der Waals surface area contributed by atoms with Crippen molar-refractivity contribution in [1.29, 1.82) is 0 Å². The minimum Gasteiger partial charge on any atom is -0.463 e. The predicted molar refractivity (Wildman–Crippen MR) is 177 cm³/mol. The summed E-state index contributed by atoms with van der Waals surface area (Å²) in [4.78, 5) is 23.2. The molecule has 2 heterocycles. The number of carbonyl (C=O) groups is 2. The fourth-order valence-corrected chi connectivity index (χ4v) is 5.61. The molecule has 2 aliphatic rings. The third-order valence-electron chi connectivity index (χ3n) is 7.99. The molecule has 1 fully saturated rings. The number of ether oxygens (including phenoxy) is 9. The Balaban J connectivity index is 1.38. The fraction of sp³-hybridized carbons (Fsp3) is 0.421. The number of hydrogen-bond donors (Lipinski definition) is 0. The molecule has 3 aromatic rings. The lowest BCUT2D eigenvalue weighted by Gasteiger charge is -2.45. The smallest absolute Gasteiger partial charge is 0.303 e. The number of hydrogen-bond acceptors (Lipinski definition) is 11. The van der Waals surface area contributed by atoms with Gasteiger partial charge in [0.05, 0.1) is 26.4 Å². The summed E-state index contributed by atoms with van der Waals surface area (Å²) in [5.74, 6) is -0.974. The van der Waals surface area contributed by atoms with Crippen LogP contribution in [0.5, 0.6) is 0 Å². The van der Waals surface area contributed by atoms with Crippen molar-refractivity contribution in [3.63, 3.8) is 0 Å². The maximum atomic E-state index is 11.7. The molecule has 262 valence electrons. The third-order valence-corrected chi connectivity index (χ3v) is 7.99. The van der Waals surface area contributed by atoms with Gasteiger partial charge in [-0.2, -0.15) is 0 Å². The van der Waals surface area contributed by atoms with Crippen LogP contribution < -0.4 is 0 Å². The number of benzene rings is 3. The van der Waals surface area contributed by atoms with Gasteiger partial charge in [0.1, 0.15) is 43.2 Å². The topological polar surface area (TPSA) is 117 Å². The highest BCUT2D eigenvalue weighted by Gasteiger charge is 2.49. The molecule has 2 aliphatic heterocycles. The van der Waals surface area contributed by atoms with Gasteiger partial charge in [0, 0.05) is 21.0 Å². The van der Waals surface area contributed by atoms with E-state index in [1.807, 2.05) is 91.0 Å². The maximum absolute atomic E-state index is 11.7. The zero-order chi connectivity index (χ0) is 34.4. The van der Waals surface area contributed by atoms with Crippen LogP contribution in [0.3, 0.4) is 0 Å². The summed E-state index contributed by atoms with van der Waals surface area (Å²) < 4.78 is 54.9. The van der Waals surface area contributed by atoms with E-state index >= 15 is 0 Å². The van der Waals surface area contributed by atoms with Crippen molar-refractivity contribution in [2.75, 3.05) is 20.3 Å². The quantitative estimate of drug-likeness (QED) is 0.152. The molecule has 0 radical (unpaired) electrons. The molecular formula is C38H44O11. The zero-order valence-corrected chi connectivity index (χ0v) is 28.0. The van der Waals surface area contributed by atoms with Crippen molar-refractivity contribution in [1.82, 2.24) is 0 Å². The highest BCUT2D eigenvalue weighted by atomic mass is 16.7. The Kier molecular flexibility index (Phi) is 13.9. The van der Waals surface area contributed by atoms with Gasteiger partial charge >= 0.3 is 11.9 Å². The summed E-state index contributed by atoms with van der Waals surface area (Å²) >= 11 is 0. The van der Waals surface area contributed by atoms with Gasteiger partial charge in [0.2, 0.25) is 0 Å². The summed E-state index contributed by atoms with van der Waals surface area (Å²) in [7, 11) is 1.56. The van der Waals surface area contributed by atoms with E-state index in [1.54, 1.807) is 19.3 Å². The molecule has 11 nitrogen and oxygen atoms in total. The minimum atomic E-state index is -0.859. The standard InChI is InChI=1S/C38H44O11/c1-26(39)42-24-32-31(47-27(2)40)19-20-34(48-32)43-25-33-35(44-21-28-13-7-4-8-14-28)36(45-22-29-15-9-5-10-16-29)37(38(41-3)49-33)46-23-30-17-11-6-12-18-30/h4-20,31-38H,21-25H2,1-3H3/t31-,32?,33?,34-,35+,36?,37?,38-/m0/s1. The van der Waals surface area contributed by atoms with Crippen LogP contribution >= 0.6 is 0 Å². The lowest BCUT2D eigenvalue weighted by molar-refractivity contribution is -0.327. The molecule has 11 heteroatoms. The van der Waals surface area contributed by atoms with Gasteiger partial charge in [0.25, 0.3) is 0 Å². The van der Waals surface area contributed by atoms with E-state index in [2.05, 4.69) is 0 Å². The molecule has 0 aromatic heterocycles. The van der Waals surface area contributed by atoms with Crippen molar-refractivity contribution < 1.29 is 52.2 Å². The normalized spacial score (nSPS) is 26.6. The van der Waals surface area contributed by atoms with Gasteiger partial charge in [-0.25, -0.2) is 0 Å². The molecule has 0 N–H and O–H groups in total. The lowest BCUT2D eigenvalue weighted by atomic mass is 9.97. The average Bonchev–Trinajstić information content (AvgIpc) is 3.12. The second kappa shape index (κ2) is 18.7. The number of rotatable bonds is 16. The van der Waals surface area contributed by atoms with E-state index in [0.717, 1.165) is 16.7 Å². The van der Waals surface area contributed by atoms with Gasteiger partial charge in [0.15, 0.2) is 12.6 Å². The summed E-state index contributed by atoms with van der Waals surface area (Å²) in [5, 5.41) is 0. The monoisotopic (exact) mass is 676 g/mol. The molecule has 0 saturated carbocycles. The summed E-state index contributed by atoms with van der Waals surface area (Å²) in [6.07, 6.45) is -2.52. The van der Waals surface area contributed by atoms with Crippen LogP contribution in [0.4, 0.5) is 0 Å². The summed E-state index contributed by atoms with van der Waals surface area (Å²) in [6, 6.07) is 29.5. The number of carbonyl (C=O) groups excluding carboxylic acids is 2. The van der Waals surface area contributed by atoms with Crippen molar-refractivity contribution in [3.8, 4) is 0 Å². The van der Waals surface area contributed by atoms with E-state index < -0.39 is 61.1 Å². The maximum Gasteiger partial charge on any atom is 0.303 e. The third kappa shape index (κ3) is 11.0. The van der Waals surface area contributed by atoms with E-state index in [4.69, 9.17) is 42.6 Å². The van der Waals surface area contributed by atoms with Crippen LogP contribution in [0.1, 0.15) is 30.5 Å². The fourth-order valence-electron chi connectivity index (χ4n) is 5.61. The summed E-state index contributed by atoms with van der Waals surface area (Å²) in [6.45, 7) is 3.38. The molecule has 0 spiro atoms. The van der Waals surface area contributed by atoms with Crippen molar-refractivity contribution >= 4 is 11.9 Å². The second-order valence-corrected chi connectivity index (χ2v) is 11.7. The first-order valence-electron chi connectivity index (χ1n) is 16.3. The average molecular weight is 677 g/mol. The highest BCUT2D eigenvalue weighted by Crippen LogP contribution is 2.32. The molecule has 3 aromatic carbocycles. The Hall–Kier alpha value is -3.94. The predicted octanol–water partition coefficient (Wildman–Crippen LogP) is 4.91. The molecule has 49 heavy (non-hydrogen) atoms. The molecule has 0 bridgehead atoms. The number of methoxy groups -OCH3 is 1. The Labute approximate surface area is 286 Å². The van der Waals surface area contributed by atoms with E-state index in [1.165, 1.54) is 13.8 Å². The van der Waals surface area contributed by atoms with Crippen LogP contribution in [0.15, 0.2) is 103 Å². The first-order valence-corrected chi connectivity index (χ1v) is 16.3. The van der Waals surface area contributed by atoms with Crippen molar-refractivity contribution in [3.05, 3.63) is 120 Å². The van der Waals surface area contributed by atoms with Crippen molar-refractivity contribution in [2.24, 2.45) is 0 Å². The van der Waals surface area contributed by atoms with E-state index in [9.17, 15) is 9.59 Å². The molecule has 0 amide bonds. The lowest BCUT2D eigenvalue weighted by Crippen LogP contribution is -2.61. The van der Waals surface area contributed by atoms with Crippen LogP contribution in [0, 0.1) is 0 Å². The first kappa shape index (κ1) is 36.3. The Bertz CT molecular complexity index is 1450. The van der Waals surface area contributed by atoms with Gasteiger partial charge in [-0.15, -0.1) is 0 Å². The molecule has 5 rings (SSSR count). The van der Waals surface area contributed by atoms with Crippen molar-refractivity contribution in [2.45, 2.75) is 82.9 Å². The zero-order valence-electron chi connectivity index (χ0n) is 28.0. The van der Waals surface area contributed by atoms with Crippen LogP contribution in [-0.2, 0) is 72.0 Å². The van der Waals surface area contributed by atoms with Crippen LogP contribution in [0.2, 0.25) is 0 Å². The number of esters is 2. The molecule has 8 atom stereocenters. The van der Waals surface area contributed by atoms with E-state index in [-0.39, 0.29) is 19.8 Å². The van der Waals surface area contributed by atoms with Crippen LogP contribution in [0.25, 0.3) is 0 Å². The first-order chi connectivity index (χ1) is 23.9.